The summed E-state index contributed by atoms with van der Waals surface area (Å²) in [7, 11) is 0. The third-order valence-corrected chi connectivity index (χ3v) is 6.16. The predicted molar refractivity (Wildman–Crippen MR) is 97.4 cm³/mol. The van der Waals surface area contributed by atoms with E-state index in [4.69, 9.17) is 5.73 Å². The van der Waals surface area contributed by atoms with Crippen LogP contribution in [-0.2, 0) is 9.59 Å². The molecule has 1 aromatic heterocycles. The number of carbonyl (C=O) groups is 2. The van der Waals surface area contributed by atoms with Gasteiger partial charge in [0.05, 0.1) is 5.57 Å². The third-order valence-electron chi connectivity index (χ3n) is 6.16. The lowest BCUT2D eigenvalue weighted by Crippen LogP contribution is -2.52. The molecule has 1 aromatic rings. The normalized spacial score (nSPS) is 31.8. The van der Waals surface area contributed by atoms with Gasteiger partial charge in [-0.2, -0.15) is 0 Å². The van der Waals surface area contributed by atoms with Gasteiger partial charge in [0, 0.05) is 17.4 Å². The van der Waals surface area contributed by atoms with E-state index in [1.54, 1.807) is 25.3 Å². The maximum atomic E-state index is 12.7. The van der Waals surface area contributed by atoms with Crippen LogP contribution in [0.2, 0.25) is 0 Å². The minimum atomic E-state index is -0.644. The fourth-order valence-electron chi connectivity index (χ4n) is 5.29. The summed E-state index contributed by atoms with van der Waals surface area (Å²) in [5, 5.41) is 3.09. The van der Waals surface area contributed by atoms with Crippen molar-refractivity contribution in [2.24, 2.45) is 23.5 Å². The molecule has 4 fully saturated rings. The van der Waals surface area contributed by atoms with Crippen LogP contribution in [0, 0.1) is 29.6 Å². The van der Waals surface area contributed by atoms with Gasteiger partial charge in [0.25, 0.3) is 11.7 Å². The number of carbonyl (C=O) groups excluding carboxylic acids is 2. The van der Waals surface area contributed by atoms with E-state index in [1.807, 2.05) is 6.07 Å². The van der Waals surface area contributed by atoms with E-state index >= 15 is 0 Å². The van der Waals surface area contributed by atoms with E-state index in [0.29, 0.717) is 23.4 Å². The number of aromatic nitrogens is 1. The van der Waals surface area contributed by atoms with Crippen molar-refractivity contribution in [2.75, 3.05) is 0 Å². The number of hydrogen-bond acceptors (Lipinski definition) is 4. The van der Waals surface area contributed by atoms with Gasteiger partial charge in [0.1, 0.15) is 5.69 Å². The number of Topliss-reactive ketones (excluding diaryl/α,β-unsaturated/α-hetero) is 1. The summed E-state index contributed by atoms with van der Waals surface area (Å²) in [5.41, 5.74) is 6.50. The van der Waals surface area contributed by atoms with Crippen LogP contribution in [0.15, 0.2) is 35.7 Å². The van der Waals surface area contributed by atoms with Crippen LogP contribution in [-0.4, -0.2) is 22.2 Å². The number of nitrogens with two attached hydrogens (primary N) is 1. The minimum Gasteiger partial charge on any atom is -0.401 e. The quantitative estimate of drug-likeness (QED) is 0.496. The van der Waals surface area contributed by atoms with E-state index in [2.05, 4.69) is 22.1 Å². The van der Waals surface area contributed by atoms with Crippen LogP contribution in [0.25, 0.3) is 0 Å². The molecule has 4 aliphatic carbocycles. The topological polar surface area (TPSA) is 85.1 Å². The second-order valence-electron chi connectivity index (χ2n) is 8.01. The Hall–Kier alpha value is -2.61. The van der Waals surface area contributed by atoms with E-state index < -0.39 is 11.7 Å². The molecular weight excluding hydrogens is 326 g/mol. The number of ketones is 1. The molecule has 1 heterocycles. The maximum absolute atomic E-state index is 12.7. The molecule has 4 bridgehead atoms. The molecule has 5 rings (SSSR count). The van der Waals surface area contributed by atoms with Gasteiger partial charge in [0.2, 0.25) is 0 Å². The van der Waals surface area contributed by atoms with E-state index in [-0.39, 0.29) is 16.8 Å². The first kappa shape index (κ1) is 16.8. The zero-order valence-electron chi connectivity index (χ0n) is 14.9. The lowest BCUT2D eigenvalue weighted by Gasteiger charge is -2.33. The highest BCUT2D eigenvalue weighted by molar-refractivity contribution is 6.44. The Labute approximate surface area is 153 Å². The lowest BCUT2D eigenvalue weighted by molar-refractivity contribution is -0.137. The maximum Gasteiger partial charge on any atom is 0.293 e. The van der Waals surface area contributed by atoms with Gasteiger partial charge in [-0.15, -0.1) is 0 Å². The van der Waals surface area contributed by atoms with Crippen molar-refractivity contribution in [1.29, 1.82) is 0 Å². The van der Waals surface area contributed by atoms with Crippen LogP contribution in [0.3, 0.4) is 0 Å². The molecule has 3 N–H and O–H groups in total. The Morgan fingerprint density at radius 2 is 1.96 bits per heavy atom. The summed E-state index contributed by atoms with van der Waals surface area (Å²) in [6, 6.07) is 5.35. The van der Waals surface area contributed by atoms with Crippen LogP contribution in [0.1, 0.15) is 44.7 Å². The summed E-state index contributed by atoms with van der Waals surface area (Å²) in [4.78, 5) is 29.5. The molecule has 26 heavy (non-hydrogen) atoms. The zero-order chi connectivity index (χ0) is 18.3. The van der Waals surface area contributed by atoms with Gasteiger partial charge in [-0.05, 0) is 74.8 Å². The number of nitrogens with one attached hydrogen (secondary N) is 1. The molecule has 134 valence electrons. The van der Waals surface area contributed by atoms with Crippen LogP contribution >= 0.6 is 0 Å². The molecule has 4 aliphatic rings. The summed E-state index contributed by atoms with van der Waals surface area (Å²) < 4.78 is 0. The Morgan fingerprint density at radius 1 is 1.23 bits per heavy atom. The first-order valence-electron chi connectivity index (χ1n) is 9.23. The van der Waals surface area contributed by atoms with Gasteiger partial charge in [0.15, 0.2) is 0 Å². The lowest BCUT2D eigenvalue weighted by atomic mass is 9.80. The molecular formula is C21H23N3O2. The van der Waals surface area contributed by atoms with Gasteiger partial charge >= 0.3 is 0 Å². The molecule has 5 heteroatoms. The Bertz CT molecular complexity index is 829. The van der Waals surface area contributed by atoms with Crippen molar-refractivity contribution in [3.63, 3.8) is 0 Å². The summed E-state index contributed by atoms with van der Waals surface area (Å²) >= 11 is 0. The standard InChI is InChI=1S/C21H23N3O2/c1-13(22)18(6-5-17-4-2-3-7-23-17)19(25)20(26)24-21-11-14-8-15(12-21)10-16(21)9-14/h2-4,7,14-16H,8-12,22H2,1H3,(H,24,26). The second-order valence-corrected chi connectivity index (χ2v) is 8.01. The average molecular weight is 349 g/mol. The first-order valence-corrected chi connectivity index (χ1v) is 9.23. The highest BCUT2D eigenvalue weighted by atomic mass is 16.2. The Balaban J connectivity index is 1.51. The van der Waals surface area contributed by atoms with Crippen LogP contribution < -0.4 is 11.1 Å². The van der Waals surface area contributed by atoms with E-state index in [9.17, 15) is 9.59 Å². The Kier molecular flexibility index (Phi) is 4.07. The van der Waals surface area contributed by atoms with Crippen molar-refractivity contribution in [1.82, 2.24) is 10.3 Å². The number of rotatable bonds is 3. The summed E-state index contributed by atoms with van der Waals surface area (Å²) in [6.45, 7) is 1.59. The van der Waals surface area contributed by atoms with Crippen molar-refractivity contribution in [3.8, 4) is 11.8 Å². The average Bonchev–Trinajstić information content (AvgIpc) is 2.98. The van der Waals surface area contributed by atoms with Crippen LogP contribution in [0.4, 0.5) is 0 Å². The zero-order valence-corrected chi connectivity index (χ0v) is 14.9. The molecule has 0 aromatic carbocycles. The van der Waals surface area contributed by atoms with E-state index in [0.717, 1.165) is 12.8 Å². The fraction of sp³-hybridized carbons (Fsp3) is 0.476. The molecule has 2 atom stereocenters. The van der Waals surface area contributed by atoms with Crippen molar-refractivity contribution < 1.29 is 9.59 Å². The summed E-state index contributed by atoms with van der Waals surface area (Å²) in [6.07, 6.45) is 7.29. The van der Waals surface area contributed by atoms with Crippen LogP contribution in [0.5, 0.6) is 0 Å². The van der Waals surface area contributed by atoms with Crippen molar-refractivity contribution in [3.05, 3.63) is 41.4 Å². The van der Waals surface area contributed by atoms with Crippen molar-refractivity contribution >= 4 is 11.7 Å². The van der Waals surface area contributed by atoms with Gasteiger partial charge in [-0.3, -0.25) is 9.59 Å². The highest BCUT2D eigenvalue weighted by Gasteiger charge is 2.58. The number of amides is 1. The fourth-order valence-corrected chi connectivity index (χ4v) is 5.29. The number of pyridine rings is 1. The Morgan fingerprint density at radius 3 is 2.58 bits per heavy atom. The van der Waals surface area contributed by atoms with Gasteiger partial charge < -0.3 is 11.1 Å². The SMILES string of the molecule is CC(N)=C(C#Cc1ccccn1)C(=O)C(=O)NC12CC3CC(CC1C3)C2. The predicted octanol–water partition coefficient (Wildman–Crippen LogP) is 1.93. The largest absolute Gasteiger partial charge is 0.401 e. The first-order chi connectivity index (χ1) is 12.5. The number of allylic oxidation sites excluding steroid dienone is 1. The molecule has 4 saturated carbocycles. The number of nitrogens with zero attached hydrogens (tertiary/aromatic N) is 1. The molecule has 0 radical (unpaired) electrons. The van der Waals surface area contributed by atoms with E-state index in [1.165, 1.54) is 19.3 Å². The van der Waals surface area contributed by atoms with Gasteiger partial charge in [-0.25, -0.2) is 4.98 Å². The molecule has 0 aliphatic heterocycles. The molecule has 5 nitrogen and oxygen atoms in total. The minimum absolute atomic E-state index is 0.0576. The molecule has 0 spiro atoms. The summed E-state index contributed by atoms with van der Waals surface area (Å²) in [5.74, 6) is 6.28. The van der Waals surface area contributed by atoms with Crippen molar-refractivity contribution in [2.45, 2.75) is 44.6 Å². The third kappa shape index (κ3) is 2.90. The molecule has 1 amide bonds. The molecule has 0 saturated heterocycles. The smallest absolute Gasteiger partial charge is 0.293 e. The number of hydrogen-bond donors (Lipinski definition) is 2. The highest BCUT2D eigenvalue weighted by Crippen LogP contribution is 2.60. The molecule has 2 unspecified atom stereocenters. The monoisotopic (exact) mass is 349 g/mol. The van der Waals surface area contributed by atoms with Gasteiger partial charge in [-0.1, -0.05) is 12.0 Å². The second kappa shape index (κ2) is 6.28.